The molecule has 5 rings (SSSR count). The molecule has 0 saturated heterocycles. The molecule has 0 amide bonds. The molecule has 0 aliphatic heterocycles. The maximum Gasteiger partial charge on any atom is 0.0852 e. The predicted molar refractivity (Wildman–Crippen MR) is 201 cm³/mol. The minimum atomic E-state index is 0.134. The summed E-state index contributed by atoms with van der Waals surface area (Å²) >= 11 is 3.72. The highest BCUT2D eigenvalue weighted by Crippen LogP contribution is 2.44. The zero-order chi connectivity index (χ0) is 33.9. The van der Waals surface area contributed by atoms with Gasteiger partial charge in [0.2, 0.25) is 0 Å². The lowest BCUT2D eigenvalue weighted by Gasteiger charge is -2.27. The van der Waals surface area contributed by atoms with E-state index in [9.17, 15) is 0 Å². The van der Waals surface area contributed by atoms with Crippen molar-refractivity contribution in [3.63, 3.8) is 0 Å². The molecule has 0 aromatic heterocycles. The van der Waals surface area contributed by atoms with Crippen LogP contribution in [0, 0.1) is 5.92 Å². The molecule has 0 radical (unpaired) electrons. The average molecular weight is 672 g/mol. The molecule has 0 heterocycles. The molecule has 0 spiro atoms. The number of benzene rings is 3. The Kier molecular flexibility index (Phi) is 9.88. The van der Waals surface area contributed by atoms with Gasteiger partial charge in [0, 0.05) is 11.6 Å². The zero-order valence-electron chi connectivity index (χ0n) is 31.0. The van der Waals surface area contributed by atoms with E-state index >= 15 is 0 Å². The number of hydrogen-bond acceptors (Lipinski definition) is 1. The summed E-state index contributed by atoms with van der Waals surface area (Å²) in [5, 5.41) is 0. The van der Waals surface area contributed by atoms with Crippen LogP contribution in [-0.4, -0.2) is 7.11 Å². The highest BCUT2D eigenvalue weighted by molar-refractivity contribution is 9.10. The molecule has 2 atom stereocenters. The average Bonchev–Trinajstić information content (AvgIpc) is 3.44. The van der Waals surface area contributed by atoms with Gasteiger partial charge in [0.05, 0.1) is 6.10 Å². The van der Waals surface area contributed by atoms with E-state index in [0.29, 0.717) is 5.92 Å². The summed E-state index contributed by atoms with van der Waals surface area (Å²) in [6.45, 7) is 32.1. The summed E-state index contributed by atoms with van der Waals surface area (Å²) < 4.78 is 6.89. The molecule has 3 aromatic carbocycles. The monoisotopic (exact) mass is 670 g/mol. The molecule has 2 aliphatic carbocycles. The standard InChI is InChI=1S/C28H38.C15H21BrO/c1-18-11-19-13-23(28(8,9)10)17-25(24(19)12-18)20-14-21(26(2,3)4)16-22(15-20)27(5,6)7;1-9-6-11-12(14(9)17-5)7-10(8-13(11)16)15(2,3)4/h11,13-17H,12H2,1-10H3;7-9,14H,6H2,1-5H3. The van der Waals surface area contributed by atoms with Crippen molar-refractivity contribution in [2.75, 3.05) is 7.11 Å². The van der Waals surface area contributed by atoms with Crippen LogP contribution in [0.3, 0.4) is 0 Å². The highest BCUT2D eigenvalue weighted by atomic mass is 79.9. The molecule has 0 N–H and O–H groups in total. The number of halogens is 1. The largest absolute Gasteiger partial charge is 0.376 e. The van der Waals surface area contributed by atoms with E-state index in [-0.39, 0.29) is 27.8 Å². The SMILES string of the molecule is CC1=Cc2cc(C(C)(C)C)cc(-c3cc(C(C)(C)C)cc(C(C)(C)C)c3)c2C1.COC1c2cc(C(C)(C)C)cc(Br)c2CC1C. The molecule has 244 valence electrons. The molecule has 2 heteroatoms. The Morgan fingerprint density at radius 3 is 1.62 bits per heavy atom. The topological polar surface area (TPSA) is 9.23 Å². The lowest BCUT2D eigenvalue weighted by molar-refractivity contribution is 0.0694. The third-order valence-electron chi connectivity index (χ3n) is 9.68. The molecule has 1 nitrogen and oxygen atoms in total. The van der Waals surface area contributed by atoms with Crippen molar-refractivity contribution >= 4 is 22.0 Å². The first-order chi connectivity index (χ1) is 20.5. The van der Waals surface area contributed by atoms with Crippen LogP contribution in [0.25, 0.3) is 17.2 Å². The van der Waals surface area contributed by atoms with Crippen LogP contribution < -0.4 is 0 Å². The summed E-state index contributed by atoms with van der Waals surface area (Å²) in [6.07, 6.45) is 4.81. The van der Waals surface area contributed by atoms with Gasteiger partial charge in [-0.25, -0.2) is 0 Å². The number of hydrogen-bond donors (Lipinski definition) is 0. The van der Waals surface area contributed by atoms with Crippen molar-refractivity contribution in [2.45, 2.75) is 138 Å². The second-order valence-corrected chi connectivity index (χ2v) is 18.8. The van der Waals surface area contributed by atoms with Gasteiger partial charge in [-0.3, -0.25) is 0 Å². The number of rotatable bonds is 2. The third kappa shape index (κ3) is 7.87. The zero-order valence-corrected chi connectivity index (χ0v) is 32.6. The van der Waals surface area contributed by atoms with E-state index in [1.54, 1.807) is 0 Å². The molecule has 0 bridgehead atoms. The summed E-state index contributed by atoms with van der Waals surface area (Å²) in [5.74, 6) is 0.571. The molecule has 2 unspecified atom stereocenters. The first-order valence-electron chi connectivity index (χ1n) is 16.9. The van der Waals surface area contributed by atoms with E-state index in [1.165, 1.54) is 65.7 Å². The van der Waals surface area contributed by atoms with Crippen molar-refractivity contribution in [3.8, 4) is 11.1 Å². The minimum Gasteiger partial charge on any atom is -0.376 e. The van der Waals surface area contributed by atoms with E-state index in [0.717, 1.165) is 12.8 Å². The van der Waals surface area contributed by atoms with Crippen LogP contribution in [0.5, 0.6) is 0 Å². The predicted octanol–water partition coefficient (Wildman–Crippen LogP) is 12.8. The summed E-state index contributed by atoms with van der Waals surface area (Å²) in [4.78, 5) is 0. The van der Waals surface area contributed by atoms with Crippen molar-refractivity contribution in [1.29, 1.82) is 0 Å². The second kappa shape index (κ2) is 12.5. The van der Waals surface area contributed by atoms with E-state index < -0.39 is 0 Å². The van der Waals surface area contributed by atoms with Gasteiger partial charge in [-0.1, -0.05) is 154 Å². The molecule has 45 heavy (non-hydrogen) atoms. The quantitative estimate of drug-likeness (QED) is 0.263. The first kappa shape index (κ1) is 35.7. The minimum absolute atomic E-state index is 0.134. The molecule has 2 aliphatic rings. The molecular formula is C43H59BrO. The van der Waals surface area contributed by atoms with Crippen LogP contribution in [0.4, 0.5) is 0 Å². The van der Waals surface area contributed by atoms with Crippen LogP contribution in [-0.2, 0) is 39.2 Å². The Balaban J connectivity index is 0.000000231. The highest BCUT2D eigenvalue weighted by Gasteiger charge is 2.32. The first-order valence-corrected chi connectivity index (χ1v) is 17.7. The Labute approximate surface area is 284 Å². The lowest BCUT2D eigenvalue weighted by atomic mass is 9.77. The van der Waals surface area contributed by atoms with Gasteiger partial charge in [0.1, 0.15) is 0 Å². The fourth-order valence-corrected chi connectivity index (χ4v) is 7.25. The van der Waals surface area contributed by atoms with Crippen LogP contribution in [0.1, 0.15) is 148 Å². The van der Waals surface area contributed by atoms with Crippen LogP contribution in [0.15, 0.2) is 52.5 Å². The van der Waals surface area contributed by atoms with Gasteiger partial charge in [-0.2, -0.15) is 0 Å². The third-order valence-corrected chi connectivity index (χ3v) is 10.4. The molecule has 0 fully saturated rings. The van der Waals surface area contributed by atoms with Gasteiger partial charge in [0.15, 0.2) is 0 Å². The van der Waals surface area contributed by atoms with Gasteiger partial charge in [0.25, 0.3) is 0 Å². The molecular weight excluding hydrogens is 612 g/mol. The van der Waals surface area contributed by atoms with Crippen LogP contribution >= 0.6 is 15.9 Å². The van der Waals surface area contributed by atoms with E-state index in [2.05, 4.69) is 161 Å². The van der Waals surface area contributed by atoms with Crippen molar-refractivity contribution in [2.24, 2.45) is 5.92 Å². The van der Waals surface area contributed by atoms with Gasteiger partial charge in [-0.05, 0) is 109 Å². The molecule has 3 aromatic rings. The van der Waals surface area contributed by atoms with Gasteiger partial charge in [-0.15, -0.1) is 0 Å². The van der Waals surface area contributed by atoms with Crippen molar-refractivity contribution in [1.82, 2.24) is 0 Å². The van der Waals surface area contributed by atoms with Crippen molar-refractivity contribution in [3.05, 3.63) is 97.0 Å². The van der Waals surface area contributed by atoms with Crippen LogP contribution in [0.2, 0.25) is 0 Å². The number of ether oxygens (including phenoxy) is 1. The smallest absolute Gasteiger partial charge is 0.0852 e. The number of fused-ring (bicyclic) bond motifs is 2. The van der Waals surface area contributed by atoms with Crippen molar-refractivity contribution < 1.29 is 4.74 Å². The summed E-state index contributed by atoms with van der Waals surface area (Å²) in [5.41, 5.74) is 16.2. The fourth-order valence-electron chi connectivity index (χ4n) is 6.61. The fraction of sp³-hybridized carbons (Fsp3) is 0.535. The second-order valence-electron chi connectivity index (χ2n) is 17.9. The number of methoxy groups -OCH3 is 1. The Bertz CT molecular complexity index is 1560. The normalized spacial score (nSPS) is 18.3. The Hall–Kier alpha value is -2.16. The maximum atomic E-state index is 5.65. The Morgan fingerprint density at radius 2 is 1.13 bits per heavy atom. The Morgan fingerprint density at radius 1 is 0.644 bits per heavy atom. The maximum absolute atomic E-state index is 5.65. The van der Waals surface area contributed by atoms with Gasteiger partial charge < -0.3 is 4.74 Å². The summed E-state index contributed by atoms with van der Waals surface area (Å²) in [6, 6.07) is 16.8. The van der Waals surface area contributed by atoms with E-state index in [1.807, 2.05) is 7.11 Å². The molecule has 0 saturated carbocycles. The van der Waals surface area contributed by atoms with Gasteiger partial charge >= 0.3 is 0 Å². The number of allylic oxidation sites excluding steroid dienone is 1. The lowest BCUT2D eigenvalue weighted by Crippen LogP contribution is -2.17. The summed E-state index contributed by atoms with van der Waals surface area (Å²) in [7, 11) is 1.81. The van der Waals surface area contributed by atoms with E-state index in [4.69, 9.17) is 4.74 Å².